The summed E-state index contributed by atoms with van der Waals surface area (Å²) in [6.07, 6.45) is 3.02. The smallest absolute Gasteiger partial charge is 0.317 e. The van der Waals surface area contributed by atoms with Gasteiger partial charge in [-0.2, -0.15) is 5.26 Å². The van der Waals surface area contributed by atoms with Crippen LogP contribution in [0.25, 0.3) is 11.0 Å². The van der Waals surface area contributed by atoms with Crippen molar-refractivity contribution in [1.82, 2.24) is 14.1 Å². The molecule has 0 N–H and O–H groups in total. The topological polar surface area (TPSA) is 83.9 Å². The maximum absolute atomic E-state index is 12.7. The minimum absolute atomic E-state index is 0.0419. The van der Waals surface area contributed by atoms with Crippen LogP contribution in [0.2, 0.25) is 0 Å². The number of anilines is 1. The molecule has 3 aromatic rings. The lowest BCUT2D eigenvalue weighted by atomic mass is 10.0. The van der Waals surface area contributed by atoms with Gasteiger partial charge in [0.05, 0.1) is 21.1 Å². The van der Waals surface area contributed by atoms with Gasteiger partial charge in [0.15, 0.2) is 0 Å². The molecule has 2 aromatic heterocycles. The van der Waals surface area contributed by atoms with Gasteiger partial charge in [-0.3, -0.25) is 14.2 Å². The molecular formula is C20H18BrN5O2. The summed E-state index contributed by atoms with van der Waals surface area (Å²) in [4.78, 5) is 31.7. The Balaban J connectivity index is 1.66. The minimum atomic E-state index is -0.502. The van der Waals surface area contributed by atoms with Crippen molar-refractivity contribution in [3.63, 3.8) is 0 Å². The summed E-state index contributed by atoms with van der Waals surface area (Å²) < 4.78 is 3.86. The zero-order valence-electron chi connectivity index (χ0n) is 15.3. The van der Waals surface area contributed by atoms with Crippen molar-refractivity contribution in [2.24, 2.45) is 7.05 Å². The molecule has 7 nitrogen and oxygen atoms in total. The first-order valence-electron chi connectivity index (χ1n) is 9.02. The first kappa shape index (κ1) is 18.4. The summed E-state index contributed by atoms with van der Waals surface area (Å²) in [5, 5.41) is 8.99. The summed E-state index contributed by atoms with van der Waals surface area (Å²) >= 11 is 3.49. The molecular weight excluding hydrogens is 422 g/mol. The van der Waals surface area contributed by atoms with Crippen molar-refractivity contribution in [2.45, 2.75) is 18.9 Å². The van der Waals surface area contributed by atoms with E-state index in [1.807, 2.05) is 24.3 Å². The van der Waals surface area contributed by atoms with Crippen molar-refractivity contribution in [3.05, 3.63) is 67.3 Å². The quantitative estimate of drug-likeness (QED) is 0.572. The van der Waals surface area contributed by atoms with E-state index in [9.17, 15) is 9.59 Å². The lowest BCUT2D eigenvalue weighted by Gasteiger charge is -2.34. The number of hydrogen-bond acceptors (Lipinski definition) is 5. The van der Waals surface area contributed by atoms with E-state index >= 15 is 0 Å². The Labute approximate surface area is 169 Å². The largest absolute Gasteiger partial charge is 0.356 e. The second-order valence-electron chi connectivity index (χ2n) is 6.89. The Hall–Kier alpha value is -2.92. The minimum Gasteiger partial charge on any atom is -0.356 e. The Kier molecular flexibility index (Phi) is 4.77. The van der Waals surface area contributed by atoms with E-state index < -0.39 is 11.1 Å². The predicted molar refractivity (Wildman–Crippen MR) is 111 cm³/mol. The molecule has 0 atom stereocenters. The Bertz CT molecular complexity index is 1220. The maximum atomic E-state index is 12.7. The van der Waals surface area contributed by atoms with E-state index in [1.54, 1.807) is 23.9 Å². The van der Waals surface area contributed by atoms with E-state index in [0.29, 0.717) is 18.7 Å². The number of nitrogens with zero attached hydrogens (tertiary/aromatic N) is 5. The summed E-state index contributed by atoms with van der Waals surface area (Å²) in [7, 11) is 1.63. The molecule has 3 heterocycles. The first-order valence-corrected chi connectivity index (χ1v) is 9.81. The fourth-order valence-corrected chi connectivity index (χ4v) is 4.44. The fraction of sp³-hybridized carbons (Fsp3) is 0.300. The standard InChI is InChI=1S/C20H18BrN5O2/c1-24-16-4-2-3-5-17(16)26(20(28)19(24)27)14-6-8-25(9-7-14)18-15(21)10-13(11-22)12-23-18/h2-5,10,12,14H,6-9H2,1H3. The molecule has 0 amide bonds. The number of nitriles is 1. The molecule has 0 spiro atoms. The maximum Gasteiger partial charge on any atom is 0.317 e. The average molecular weight is 440 g/mol. The van der Waals surface area contributed by atoms with Crippen LogP contribution < -0.4 is 16.0 Å². The van der Waals surface area contributed by atoms with Gasteiger partial charge in [0, 0.05) is 32.4 Å². The van der Waals surface area contributed by atoms with Crippen molar-refractivity contribution in [1.29, 1.82) is 5.26 Å². The van der Waals surface area contributed by atoms with E-state index in [4.69, 9.17) is 5.26 Å². The third-order valence-electron chi connectivity index (χ3n) is 5.29. The summed E-state index contributed by atoms with van der Waals surface area (Å²) in [5.41, 5.74) is 1.07. The number of rotatable bonds is 2. The van der Waals surface area contributed by atoms with Gasteiger partial charge >= 0.3 is 11.1 Å². The second kappa shape index (κ2) is 7.24. The SMILES string of the molecule is Cn1c(=O)c(=O)n(C2CCN(c3ncc(C#N)cc3Br)CC2)c2ccccc21. The predicted octanol–water partition coefficient (Wildman–Crippen LogP) is 2.57. The third-order valence-corrected chi connectivity index (χ3v) is 5.87. The molecule has 0 unspecified atom stereocenters. The van der Waals surface area contributed by atoms with Crippen LogP contribution in [0.3, 0.4) is 0 Å². The highest BCUT2D eigenvalue weighted by Gasteiger charge is 2.25. The van der Waals surface area contributed by atoms with Crippen LogP contribution in [0.15, 0.2) is 50.6 Å². The molecule has 8 heteroatoms. The van der Waals surface area contributed by atoms with Crippen LogP contribution in [-0.2, 0) is 7.05 Å². The zero-order valence-corrected chi connectivity index (χ0v) is 16.9. The summed E-state index contributed by atoms with van der Waals surface area (Å²) in [6, 6.07) is 11.3. The molecule has 4 rings (SSSR count). The Morgan fingerprint density at radius 2 is 1.82 bits per heavy atom. The molecule has 0 aliphatic carbocycles. The Morgan fingerprint density at radius 1 is 1.14 bits per heavy atom. The summed E-state index contributed by atoms with van der Waals surface area (Å²) in [5.74, 6) is 0.790. The average Bonchev–Trinajstić information content (AvgIpc) is 2.73. The zero-order chi connectivity index (χ0) is 19.8. The van der Waals surface area contributed by atoms with E-state index in [-0.39, 0.29) is 6.04 Å². The van der Waals surface area contributed by atoms with Crippen LogP contribution in [0, 0.1) is 11.3 Å². The van der Waals surface area contributed by atoms with Crippen molar-refractivity contribution in [2.75, 3.05) is 18.0 Å². The second-order valence-corrected chi connectivity index (χ2v) is 7.74. The molecule has 1 aliphatic rings. The number of benzene rings is 1. The highest BCUT2D eigenvalue weighted by Crippen LogP contribution is 2.30. The molecule has 1 saturated heterocycles. The number of para-hydroxylation sites is 2. The van der Waals surface area contributed by atoms with Gasteiger partial charge < -0.3 is 9.47 Å². The molecule has 0 saturated carbocycles. The number of aromatic nitrogens is 3. The van der Waals surface area contributed by atoms with Crippen LogP contribution in [0.4, 0.5) is 5.82 Å². The van der Waals surface area contributed by atoms with Gasteiger partial charge in [-0.25, -0.2) is 4.98 Å². The Morgan fingerprint density at radius 3 is 2.46 bits per heavy atom. The van der Waals surface area contributed by atoms with Gasteiger partial charge in [-0.15, -0.1) is 0 Å². The van der Waals surface area contributed by atoms with Gasteiger partial charge in [0.25, 0.3) is 0 Å². The number of fused-ring (bicyclic) bond motifs is 1. The van der Waals surface area contributed by atoms with E-state index in [0.717, 1.165) is 34.2 Å². The van der Waals surface area contributed by atoms with Crippen molar-refractivity contribution < 1.29 is 0 Å². The van der Waals surface area contributed by atoms with E-state index in [1.165, 1.54) is 4.57 Å². The van der Waals surface area contributed by atoms with E-state index in [2.05, 4.69) is 31.9 Å². The first-order chi connectivity index (χ1) is 13.5. The normalized spacial score (nSPS) is 15.0. The monoisotopic (exact) mass is 439 g/mol. The third kappa shape index (κ3) is 3.02. The number of aryl methyl sites for hydroxylation is 1. The molecule has 0 bridgehead atoms. The number of piperidine rings is 1. The number of hydrogen-bond donors (Lipinski definition) is 0. The van der Waals surface area contributed by atoms with Gasteiger partial charge in [-0.05, 0) is 47.0 Å². The van der Waals surface area contributed by atoms with Crippen molar-refractivity contribution >= 4 is 32.8 Å². The molecule has 0 radical (unpaired) electrons. The molecule has 142 valence electrons. The molecule has 1 aliphatic heterocycles. The van der Waals surface area contributed by atoms with Gasteiger partial charge in [0.1, 0.15) is 11.9 Å². The fourth-order valence-electron chi connectivity index (χ4n) is 3.84. The lowest BCUT2D eigenvalue weighted by molar-refractivity contribution is 0.392. The van der Waals surface area contributed by atoms with Crippen molar-refractivity contribution in [3.8, 4) is 6.07 Å². The van der Waals surface area contributed by atoms with Crippen LogP contribution in [0.5, 0.6) is 0 Å². The summed E-state index contributed by atoms with van der Waals surface area (Å²) in [6.45, 7) is 1.41. The van der Waals surface area contributed by atoms with Crippen LogP contribution >= 0.6 is 15.9 Å². The van der Waals surface area contributed by atoms with Crippen LogP contribution in [0.1, 0.15) is 24.4 Å². The molecule has 28 heavy (non-hydrogen) atoms. The van der Waals surface area contributed by atoms with Crippen LogP contribution in [-0.4, -0.2) is 27.2 Å². The molecule has 1 fully saturated rings. The molecule has 1 aromatic carbocycles. The van der Waals surface area contributed by atoms with Gasteiger partial charge in [-0.1, -0.05) is 12.1 Å². The number of pyridine rings is 1. The van der Waals surface area contributed by atoms with Gasteiger partial charge in [0.2, 0.25) is 0 Å². The highest BCUT2D eigenvalue weighted by molar-refractivity contribution is 9.10. The lowest BCUT2D eigenvalue weighted by Crippen LogP contribution is -2.45. The number of halogens is 1. The highest BCUT2D eigenvalue weighted by atomic mass is 79.9.